The van der Waals surface area contributed by atoms with E-state index in [4.69, 9.17) is 0 Å². The van der Waals surface area contributed by atoms with Crippen molar-refractivity contribution in [1.82, 2.24) is 4.90 Å². The van der Waals surface area contributed by atoms with Crippen LogP contribution in [0.25, 0.3) is 0 Å². The van der Waals surface area contributed by atoms with Crippen molar-refractivity contribution in [3.63, 3.8) is 0 Å². The van der Waals surface area contributed by atoms with E-state index in [1.807, 2.05) is 37.3 Å². The molecule has 1 unspecified atom stereocenters. The van der Waals surface area contributed by atoms with Crippen LogP contribution in [0.4, 0.5) is 19.3 Å². The summed E-state index contributed by atoms with van der Waals surface area (Å²) < 4.78 is 27.0. The standard InChI is InChI=1S/C22H28F2N2O/c1-3-4-5-6-10-15-26(17(2)18-11-8-7-9-12-18)22(27)25-21-14-13-19(23)16-20(21)24/h7-9,11-14,16-17H,3-6,10,15H2,1-2H3,(H,25,27). The Kier molecular flexibility index (Phi) is 8.24. The molecule has 0 spiro atoms. The number of halogens is 2. The Morgan fingerprint density at radius 2 is 1.74 bits per heavy atom. The first-order valence-electron chi connectivity index (χ1n) is 9.60. The molecular formula is C22H28F2N2O. The number of hydrogen-bond donors (Lipinski definition) is 1. The molecule has 0 radical (unpaired) electrons. The van der Waals surface area contributed by atoms with Gasteiger partial charge in [0, 0.05) is 12.6 Å². The number of nitrogens with one attached hydrogen (secondary N) is 1. The topological polar surface area (TPSA) is 32.3 Å². The Morgan fingerprint density at radius 3 is 2.41 bits per heavy atom. The van der Waals surface area contributed by atoms with Gasteiger partial charge in [0.1, 0.15) is 11.6 Å². The van der Waals surface area contributed by atoms with E-state index in [2.05, 4.69) is 12.2 Å². The molecule has 0 saturated carbocycles. The van der Waals surface area contributed by atoms with E-state index in [1.54, 1.807) is 4.90 Å². The van der Waals surface area contributed by atoms with Crippen LogP contribution in [0.2, 0.25) is 0 Å². The fourth-order valence-corrected chi connectivity index (χ4v) is 3.05. The van der Waals surface area contributed by atoms with Gasteiger partial charge >= 0.3 is 6.03 Å². The molecule has 146 valence electrons. The molecule has 0 aliphatic carbocycles. The van der Waals surface area contributed by atoms with Crippen LogP contribution in [-0.2, 0) is 0 Å². The Bertz CT molecular complexity index is 722. The average molecular weight is 374 g/mol. The van der Waals surface area contributed by atoms with E-state index < -0.39 is 11.6 Å². The van der Waals surface area contributed by atoms with Gasteiger partial charge in [-0.2, -0.15) is 0 Å². The second-order valence-corrected chi connectivity index (χ2v) is 6.75. The van der Waals surface area contributed by atoms with Crippen LogP contribution in [0, 0.1) is 11.6 Å². The summed E-state index contributed by atoms with van der Waals surface area (Å²) in [5.41, 5.74) is 0.999. The van der Waals surface area contributed by atoms with E-state index >= 15 is 0 Å². The second kappa shape index (κ2) is 10.7. The summed E-state index contributed by atoms with van der Waals surface area (Å²) in [7, 11) is 0. The summed E-state index contributed by atoms with van der Waals surface area (Å²) in [6.45, 7) is 4.70. The number of hydrogen-bond acceptors (Lipinski definition) is 1. The summed E-state index contributed by atoms with van der Waals surface area (Å²) in [6, 6.07) is 12.4. The Balaban J connectivity index is 2.10. The minimum Gasteiger partial charge on any atom is -0.318 e. The van der Waals surface area contributed by atoms with Gasteiger partial charge < -0.3 is 10.2 Å². The lowest BCUT2D eigenvalue weighted by molar-refractivity contribution is 0.191. The molecule has 0 bridgehead atoms. The number of anilines is 1. The molecule has 2 aromatic rings. The molecule has 5 heteroatoms. The maximum absolute atomic E-state index is 13.9. The first kappa shape index (κ1) is 20.9. The van der Waals surface area contributed by atoms with Crippen LogP contribution in [0.3, 0.4) is 0 Å². The quantitative estimate of drug-likeness (QED) is 0.497. The van der Waals surface area contributed by atoms with Crippen molar-refractivity contribution >= 4 is 11.7 Å². The predicted octanol–water partition coefficient (Wildman–Crippen LogP) is 6.53. The second-order valence-electron chi connectivity index (χ2n) is 6.75. The molecule has 0 fully saturated rings. The molecule has 27 heavy (non-hydrogen) atoms. The van der Waals surface area contributed by atoms with Crippen molar-refractivity contribution in [2.45, 2.75) is 52.0 Å². The van der Waals surface area contributed by atoms with Crippen LogP contribution in [0.15, 0.2) is 48.5 Å². The van der Waals surface area contributed by atoms with Crippen LogP contribution in [0.1, 0.15) is 57.6 Å². The molecule has 2 aromatic carbocycles. The molecule has 2 amide bonds. The third-order valence-electron chi connectivity index (χ3n) is 4.69. The number of urea groups is 1. The van der Waals surface area contributed by atoms with E-state index in [-0.39, 0.29) is 17.8 Å². The molecule has 0 heterocycles. The molecule has 0 saturated heterocycles. The molecule has 0 aliphatic heterocycles. The maximum Gasteiger partial charge on any atom is 0.322 e. The average Bonchev–Trinajstić information content (AvgIpc) is 2.67. The third kappa shape index (κ3) is 6.35. The van der Waals surface area contributed by atoms with Crippen LogP contribution < -0.4 is 5.32 Å². The lowest BCUT2D eigenvalue weighted by Gasteiger charge is -2.30. The first-order valence-corrected chi connectivity index (χ1v) is 9.60. The summed E-state index contributed by atoms with van der Waals surface area (Å²) in [5.74, 6) is -1.45. The molecule has 0 aliphatic rings. The van der Waals surface area contributed by atoms with Crippen LogP contribution in [0.5, 0.6) is 0 Å². The number of benzene rings is 2. The zero-order valence-corrected chi connectivity index (χ0v) is 16.1. The molecule has 1 N–H and O–H groups in total. The minimum absolute atomic E-state index is 0.0161. The van der Waals surface area contributed by atoms with Gasteiger partial charge in [-0.3, -0.25) is 0 Å². The van der Waals surface area contributed by atoms with Gasteiger partial charge in [0.2, 0.25) is 0 Å². The van der Waals surface area contributed by atoms with Crippen molar-refractivity contribution < 1.29 is 13.6 Å². The van der Waals surface area contributed by atoms with Gasteiger partial charge in [-0.1, -0.05) is 62.9 Å². The number of carbonyl (C=O) groups is 1. The van der Waals surface area contributed by atoms with Gasteiger partial charge in [0.05, 0.1) is 11.7 Å². The molecular weight excluding hydrogens is 346 g/mol. The molecule has 2 rings (SSSR count). The van der Waals surface area contributed by atoms with Crippen molar-refractivity contribution in [2.75, 3.05) is 11.9 Å². The summed E-state index contributed by atoms with van der Waals surface area (Å²) in [5, 5.41) is 2.59. The zero-order valence-electron chi connectivity index (χ0n) is 16.1. The van der Waals surface area contributed by atoms with E-state index in [1.165, 1.54) is 12.5 Å². The molecule has 3 nitrogen and oxygen atoms in total. The number of nitrogens with zero attached hydrogens (tertiary/aromatic N) is 1. The SMILES string of the molecule is CCCCCCCN(C(=O)Nc1ccc(F)cc1F)C(C)c1ccccc1. The lowest BCUT2D eigenvalue weighted by Crippen LogP contribution is -2.38. The number of carbonyl (C=O) groups excluding carboxylic acids is 1. The van der Waals surface area contributed by atoms with Crippen LogP contribution in [-0.4, -0.2) is 17.5 Å². The smallest absolute Gasteiger partial charge is 0.318 e. The predicted molar refractivity (Wildman–Crippen MR) is 106 cm³/mol. The number of rotatable bonds is 9. The van der Waals surface area contributed by atoms with Gasteiger partial charge in [0.25, 0.3) is 0 Å². The number of amides is 2. The highest BCUT2D eigenvalue weighted by Crippen LogP contribution is 2.23. The highest BCUT2D eigenvalue weighted by molar-refractivity contribution is 5.89. The minimum atomic E-state index is -0.779. The Hall–Kier alpha value is -2.43. The molecule has 0 aromatic heterocycles. The van der Waals surface area contributed by atoms with Crippen molar-refractivity contribution in [3.05, 3.63) is 65.7 Å². The fraction of sp³-hybridized carbons (Fsp3) is 0.409. The van der Waals surface area contributed by atoms with Crippen LogP contribution >= 0.6 is 0 Å². The summed E-state index contributed by atoms with van der Waals surface area (Å²) >= 11 is 0. The largest absolute Gasteiger partial charge is 0.322 e. The first-order chi connectivity index (χ1) is 13.0. The van der Waals surface area contributed by atoms with E-state index in [0.717, 1.165) is 43.4 Å². The van der Waals surface area contributed by atoms with Gasteiger partial charge in [-0.15, -0.1) is 0 Å². The third-order valence-corrected chi connectivity index (χ3v) is 4.69. The Morgan fingerprint density at radius 1 is 1.04 bits per heavy atom. The lowest BCUT2D eigenvalue weighted by atomic mass is 10.1. The summed E-state index contributed by atoms with van der Waals surface area (Å²) in [4.78, 5) is 14.6. The van der Waals surface area contributed by atoms with E-state index in [0.29, 0.717) is 6.54 Å². The normalized spacial score (nSPS) is 11.9. The Labute approximate surface area is 160 Å². The van der Waals surface area contributed by atoms with E-state index in [9.17, 15) is 13.6 Å². The van der Waals surface area contributed by atoms with Crippen molar-refractivity contribution in [3.8, 4) is 0 Å². The molecule has 1 atom stereocenters. The maximum atomic E-state index is 13.9. The number of unbranched alkanes of at least 4 members (excludes halogenated alkanes) is 4. The summed E-state index contributed by atoms with van der Waals surface area (Å²) in [6.07, 6.45) is 5.41. The highest BCUT2D eigenvalue weighted by atomic mass is 19.1. The monoisotopic (exact) mass is 374 g/mol. The van der Waals surface area contributed by atoms with Gasteiger partial charge in [0.15, 0.2) is 0 Å². The highest BCUT2D eigenvalue weighted by Gasteiger charge is 2.22. The van der Waals surface area contributed by atoms with Crippen molar-refractivity contribution in [2.24, 2.45) is 0 Å². The van der Waals surface area contributed by atoms with Crippen molar-refractivity contribution in [1.29, 1.82) is 0 Å². The van der Waals surface area contributed by atoms with Gasteiger partial charge in [-0.25, -0.2) is 13.6 Å². The van der Waals surface area contributed by atoms with Gasteiger partial charge in [-0.05, 0) is 31.0 Å². The zero-order chi connectivity index (χ0) is 19.6. The fourth-order valence-electron chi connectivity index (χ4n) is 3.05.